The van der Waals surface area contributed by atoms with Gasteiger partial charge in [0.25, 0.3) is 0 Å². The molecule has 0 bridgehead atoms. The summed E-state index contributed by atoms with van der Waals surface area (Å²) in [5.74, 6) is 0.981. The number of oxazole rings is 1. The van der Waals surface area contributed by atoms with Crippen molar-refractivity contribution in [2.75, 3.05) is 18.4 Å². The number of nitrogens with zero attached hydrogens (tertiary/aromatic N) is 1. The van der Waals surface area contributed by atoms with Crippen molar-refractivity contribution in [3.8, 4) is 0 Å². The maximum Gasteiger partial charge on any atom is 0.228 e. The number of halogens is 1. The molecule has 2 N–H and O–H groups in total. The van der Waals surface area contributed by atoms with Gasteiger partial charge in [-0.05, 0) is 55.5 Å². The highest BCUT2D eigenvalue weighted by Gasteiger charge is 2.57. The van der Waals surface area contributed by atoms with Crippen LogP contribution in [0.15, 0.2) is 52.9 Å². The molecule has 2 heterocycles. The van der Waals surface area contributed by atoms with Gasteiger partial charge in [0.2, 0.25) is 5.91 Å². The Kier molecular flexibility index (Phi) is 5.13. The third kappa shape index (κ3) is 3.64. The number of hydrogen-bond acceptors (Lipinski definition) is 4. The number of amides is 1. The normalized spacial score (nSPS) is 19.9. The second-order valence-corrected chi connectivity index (χ2v) is 7.81. The first-order chi connectivity index (χ1) is 13.2. The molecule has 1 amide bonds. The molecule has 1 atom stereocenters. The molecule has 146 valence electrons. The number of carbonyl (C=O) groups excluding carboxylic acids is 1. The van der Waals surface area contributed by atoms with E-state index in [-0.39, 0.29) is 29.6 Å². The standard InChI is InChI=1S/C22H23N3O2.ClH/c26-21(17-14-22(17)8-10-23-11-9-22)24-16-6-7-18-19(13-16)27-20(25-18)12-15-4-2-1-3-5-15;/h1-7,13,17,23H,8-12,14H2,(H,24,26);1H. The monoisotopic (exact) mass is 397 g/mol. The van der Waals surface area contributed by atoms with Gasteiger partial charge in [0, 0.05) is 24.1 Å². The number of piperidine rings is 1. The number of hydrogen-bond donors (Lipinski definition) is 2. The quantitative estimate of drug-likeness (QED) is 0.693. The van der Waals surface area contributed by atoms with Gasteiger partial charge < -0.3 is 15.1 Å². The van der Waals surface area contributed by atoms with Crippen molar-refractivity contribution in [3.63, 3.8) is 0 Å². The minimum Gasteiger partial charge on any atom is -0.440 e. The van der Waals surface area contributed by atoms with E-state index in [0.717, 1.165) is 43.6 Å². The summed E-state index contributed by atoms with van der Waals surface area (Å²) in [4.78, 5) is 17.2. The Balaban J connectivity index is 0.00000192. The van der Waals surface area contributed by atoms with Crippen molar-refractivity contribution in [2.24, 2.45) is 11.3 Å². The number of aromatic nitrogens is 1. The van der Waals surface area contributed by atoms with E-state index < -0.39 is 0 Å². The van der Waals surface area contributed by atoms with Crippen molar-refractivity contribution >= 4 is 35.1 Å². The van der Waals surface area contributed by atoms with E-state index in [1.54, 1.807) is 0 Å². The van der Waals surface area contributed by atoms with E-state index in [1.165, 1.54) is 5.56 Å². The van der Waals surface area contributed by atoms with E-state index in [1.807, 2.05) is 36.4 Å². The third-order valence-electron chi connectivity index (χ3n) is 6.00. The van der Waals surface area contributed by atoms with Crippen LogP contribution in [0.25, 0.3) is 11.1 Å². The molecule has 1 spiro atoms. The van der Waals surface area contributed by atoms with Gasteiger partial charge in [-0.15, -0.1) is 12.4 Å². The summed E-state index contributed by atoms with van der Waals surface area (Å²) >= 11 is 0. The van der Waals surface area contributed by atoms with Crippen molar-refractivity contribution < 1.29 is 9.21 Å². The highest BCUT2D eigenvalue weighted by atomic mass is 35.5. The summed E-state index contributed by atoms with van der Waals surface area (Å²) in [6.07, 6.45) is 3.90. The summed E-state index contributed by atoms with van der Waals surface area (Å²) in [7, 11) is 0. The van der Waals surface area contributed by atoms with Crippen LogP contribution in [0.3, 0.4) is 0 Å². The van der Waals surface area contributed by atoms with E-state index in [0.29, 0.717) is 17.9 Å². The van der Waals surface area contributed by atoms with Crippen molar-refractivity contribution in [1.29, 1.82) is 0 Å². The van der Waals surface area contributed by atoms with Crippen molar-refractivity contribution in [3.05, 3.63) is 60.0 Å². The molecule has 1 saturated carbocycles. The lowest BCUT2D eigenvalue weighted by Gasteiger charge is -2.23. The Bertz CT molecular complexity index is 980. The number of carbonyl (C=O) groups is 1. The molecule has 2 aromatic carbocycles. The van der Waals surface area contributed by atoms with Gasteiger partial charge in [-0.1, -0.05) is 30.3 Å². The minimum atomic E-state index is 0. The Labute approximate surface area is 170 Å². The molecule has 3 aromatic rings. The molecular weight excluding hydrogens is 374 g/mol. The summed E-state index contributed by atoms with van der Waals surface area (Å²) in [6.45, 7) is 2.05. The lowest BCUT2D eigenvalue weighted by Crippen LogP contribution is -2.31. The van der Waals surface area contributed by atoms with E-state index in [9.17, 15) is 4.79 Å². The molecule has 6 heteroatoms. The van der Waals surface area contributed by atoms with E-state index in [2.05, 4.69) is 27.8 Å². The first-order valence-electron chi connectivity index (χ1n) is 9.67. The highest BCUT2D eigenvalue weighted by molar-refractivity contribution is 5.96. The smallest absolute Gasteiger partial charge is 0.228 e. The second-order valence-electron chi connectivity index (χ2n) is 7.81. The second kappa shape index (κ2) is 7.57. The fourth-order valence-corrected chi connectivity index (χ4v) is 4.32. The molecule has 1 saturated heterocycles. The first-order valence-corrected chi connectivity index (χ1v) is 9.67. The number of fused-ring (bicyclic) bond motifs is 1. The SMILES string of the molecule is Cl.O=C(Nc1ccc2nc(Cc3ccccc3)oc2c1)C1CC12CCNCC2. The van der Waals surface area contributed by atoms with Gasteiger partial charge in [-0.2, -0.15) is 0 Å². The van der Waals surface area contributed by atoms with Crippen LogP contribution < -0.4 is 10.6 Å². The predicted molar refractivity (Wildman–Crippen MR) is 112 cm³/mol. The van der Waals surface area contributed by atoms with Crippen molar-refractivity contribution in [1.82, 2.24) is 10.3 Å². The molecule has 1 aliphatic carbocycles. The fourth-order valence-electron chi connectivity index (χ4n) is 4.32. The largest absolute Gasteiger partial charge is 0.440 e. The number of rotatable bonds is 4. The topological polar surface area (TPSA) is 67.2 Å². The van der Waals surface area contributed by atoms with Gasteiger partial charge in [0.05, 0.1) is 0 Å². The van der Waals surface area contributed by atoms with Crippen LogP contribution in [-0.4, -0.2) is 24.0 Å². The van der Waals surface area contributed by atoms with Gasteiger partial charge in [-0.25, -0.2) is 4.98 Å². The average molecular weight is 398 g/mol. The molecular formula is C22H24ClN3O2. The predicted octanol–water partition coefficient (Wildman–Crippen LogP) is 4.17. The number of anilines is 1. The summed E-state index contributed by atoms with van der Waals surface area (Å²) in [6, 6.07) is 15.9. The molecule has 5 nitrogen and oxygen atoms in total. The maximum atomic E-state index is 12.7. The molecule has 2 aliphatic rings. The lowest BCUT2D eigenvalue weighted by atomic mass is 9.92. The van der Waals surface area contributed by atoms with Gasteiger partial charge in [0.1, 0.15) is 5.52 Å². The molecule has 28 heavy (non-hydrogen) atoms. The summed E-state index contributed by atoms with van der Waals surface area (Å²) in [5.41, 5.74) is 3.73. The number of benzene rings is 2. The zero-order chi connectivity index (χ0) is 18.3. The Hall–Kier alpha value is -2.37. The Morgan fingerprint density at radius 1 is 1.18 bits per heavy atom. The van der Waals surface area contributed by atoms with E-state index in [4.69, 9.17) is 4.42 Å². The zero-order valence-electron chi connectivity index (χ0n) is 15.6. The first kappa shape index (κ1) is 19.0. The van der Waals surface area contributed by atoms with Crippen LogP contribution in [0.1, 0.15) is 30.7 Å². The van der Waals surface area contributed by atoms with Gasteiger partial charge in [-0.3, -0.25) is 4.79 Å². The van der Waals surface area contributed by atoms with Gasteiger partial charge >= 0.3 is 0 Å². The Morgan fingerprint density at radius 2 is 1.96 bits per heavy atom. The van der Waals surface area contributed by atoms with Crippen LogP contribution in [0.5, 0.6) is 0 Å². The maximum absolute atomic E-state index is 12.7. The van der Waals surface area contributed by atoms with Crippen LogP contribution in [0.2, 0.25) is 0 Å². The zero-order valence-corrected chi connectivity index (χ0v) is 16.4. The van der Waals surface area contributed by atoms with Crippen LogP contribution in [0.4, 0.5) is 5.69 Å². The summed E-state index contributed by atoms with van der Waals surface area (Å²) in [5, 5.41) is 6.46. The molecule has 1 aliphatic heterocycles. The van der Waals surface area contributed by atoms with Crippen molar-refractivity contribution in [2.45, 2.75) is 25.7 Å². The molecule has 5 rings (SSSR count). The van der Waals surface area contributed by atoms with Gasteiger partial charge in [0.15, 0.2) is 11.5 Å². The molecule has 1 unspecified atom stereocenters. The third-order valence-corrected chi connectivity index (χ3v) is 6.00. The van der Waals surface area contributed by atoms with E-state index >= 15 is 0 Å². The van der Waals surface area contributed by atoms with Crippen LogP contribution >= 0.6 is 12.4 Å². The molecule has 2 fully saturated rings. The fraction of sp³-hybridized carbons (Fsp3) is 0.364. The Morgan fingerprint density at radius 3 is 2.75 bits per heavy atom. The minimum absolute atomic E-state index is 0. The lowest BCUT2D eigenvalue weighted by molar-refractivity contribution is -0.118. The molecule has 0 radical (unpaired) electrons. The van der Waals surface area contributed by atoms with Crippen LogP contribution in [-0.2, 0) is 11.2 Å². The highest BCUT2D eigenvalue weighted by Crippen LogP contribution is 2.58. The number of nitrogens with one attached hydrogen (secondary N) is 2. The molecule has 1 aromatic heterocycles. The van der Waals surface area contributed by atoms with Crippen LogP contribution in [0, 0.1) is 11.3 Å². The average Bonchev–Trinajstić information content (AvgIpc) is 3.22. The summed E-state index contributed by atoms with van der Waals surface area (Å²) < 4.78 is 5.91.